The molecular formula is C21H37NO2S. The lowest BCUT2D eigenvalue weighted by Crippen LogP contribution is -2.36. The van der Waals surface area contributed by atoms with Gasteiger partial charge in [0.2, 0.25) is 5.91 Å². The molecule has 0 saturated carbocycles. The Labute approximate surface area is 159 Å². The van der Waals surface area contributed by atoms with Crippen LogP contribution < -0.4 is 5.32 Å². The van der Waals surface area contributed by atoms with Gasteiger partial charge in [-0.15, -0.1) is 0 Å². The molecule has 0 saturated heterocycles. The van der Waals surface area contributed by atoms with Crippen LogP contribution in [0.2, 0.25) is 0 Å². The fourth-order valence-corrected chi connectivity index (χ4v) is 3.25. The summed E-state index contributed by atoms with van der Waals surface area (Å²) in [5.74, 6) is 1.87. The van der Waals surface area contributed by atoms with E-state index in [1.54, 1.807) is 0 Å². The number of amides is 1. The summed E-state index contributed by atoms with van der Waals surface area (Å²) in [6.07, 6.45) is 11.5. The molecule has 0 heterocycles. The first kappa shape index (κ1) is 24.0. The fourth-order valence-electron chi connectivity index (χ4n) is 2.27. The minimum Gasteiger partial charge on any atom is -0.375 e. The van der Waals surface area contributed by atoms with Crippen LogP contribution in [-0.4, -0.2) is 37.2 Å². The van der Waals surface area contributed by atoms with E-state index in [2.05, 4.69) is 51.2 Å². The highest BCUT2D eigenvalue weighted by Gasteiger charge is 2.06. The zero-order valence-corrected chi connectivity index (χ0v) is 17.8. The van der Waals surface area contributed by atoms with Gasteiger partial charge in [-0.1, -0.05) is 34.9 Å². The van der Waals surface area contributed by atoms with Crippen LogP contribution in [0.5, 0.6) is 0 Å². The van der Waals surface area contributed by atoms with Gasteiger partial charge in [0.1, 0.15) is 6.61 Å². The van der Waals surface area contributed by atoms with Crippen molar-refractivity contribution in [3.63, 3.8) is 0 Å². The zero-order chi connectivity index (χ0) is 19.1. The van der Waals surface area contributed by atoms with E-state index in [0.717, 1.165) is 37.2 Å². The van der Waals surface area contributed by atoms with Crippen molar-refractivity contribution in [2.24, 2.45) is 0 Å². The lowest BCUT2D eigenvalue weighted by Gasteiger charge is -2.12. The number of thioether (sulfide) groups is 1. The van der Waals surface area contributed by atoms with Gasteiger partial charge in [-0.05, 0) is 60.3 Å². The molecule has 0 bridgehead atoms. The topological polar surface area (TPSA) is 38.3 Å². The molecule has 3 nitrogen and oxygen atoms in total. The van der Waals surface area contributed by atoms with E-state index in [-0.39, 0.29) is 18.6 Å². The number of methoxy groups -OCH3 is 1. The van der Waals surface area contributed by atoms with Gasteiger partial charge in [-0.3, -0.25) is 4.79 Å². The van der Waals surface area contributed by atoms with Crippen LogP contribution in [0.15, 0.2) is 34.9 Å². The first-order valence-electron chi connectivity index (χ1n) is 9.15. The third kappa shape index (κ3) is 16.2. The Morgan fingerprint density at radius 1 is 1.04 bits per heavy atom. The average molecular weight is 368 g/mol. The van der Waals surface area contributed by atoms with Crippen LogP contribution in [0.4, 0.5) is 0 Å². The van der Waals surface area contributed by atoms with E-state index in [0.29, 0.717) is 0 Å². The largest absolute Gasteiger partial charge is 0.375 e. The van der Waals surface area contributed by atoms with Crippen LogP contribution in [0, 0.1) is 0 Å². The number of rotatable bonds is 13. The second-order valence-corrected chi connectivity index (χ2v) is 7.97. The number of hydrogen-bond donors (Lipinski definition) is 1. The van der Waals surface area contributed by atoms with Gasteiger partial charge in [-0.2, -0.15) is 11.8 Å². The number of carbonyl (C=O) groups is 1. The molecule has 0 radical (unpaired) electrons. The maximum absolute atomic E-state index is 11.4. The van der Waals surface area contributed by atoms with E-state index in [4.69, 9.17) is 4.74 Å². The van der Waals surface area contributed by atoms with Crippen molar-refractivity contribution < 1.29 is 9.53 Å². The Morgan fingerprint density at radius 2 is 1.64 bits per heavy atom. The second-order valence-electron chi connectivity index (χ2n) is 6.90. The van der Waals surface area contributed by atoms with Crippen molar-refractivity contribution in [1.82, 2.24) is 5.32 Å². The smallest absolute Gasteiger partial charge is 0.246 e. The van der Waals surface area contributed by atoms with E-state index >= 15 is 0 Å². The van der Waals surface area contributed by atoms with E-state index in [9.17, 15) is 4.79 Å². The molecule has 144 valence electrons. The van der Waals surface area contributed by atoms with Crippen molar-refractivity contribution in [2.75, 3.05) is 25.2 Å². The van der Waals surface area contributed by atoms with Crippen molar-refractivity contribution in [3.8, 4) is 0 Å². The minimum absolute atomic E-state index is 0.0472. The van der Waals surface area contributed by atoms with Crippen LogP contribution in [0.1, 0.15) is 60.3 Å². The molecule has 0 aromatic carbocycles. The van der Waals surface area contributed by atoms with Gasteiger partial charge >= 0.3 is 0 Å². The molecule has 0 aliphatic carbocycles. The number of carbonyl (C=O) groups excluding carboxylic acids is 1. The summed E-state index contributed by atoms with van der Waals surface area (Å²) in [4.78, 5) is 11.4. The molecule has 4 heteroatoms. The van der Waals surface area contributed by atoms with Gasteiger partial charge in [0.05, 0.1) is 0 Å². The summed E-state index contributed by atoms with van der Waals surface area (Å²) in [6.45, 7) is 10.9. The second kappa shape index (κ2) is 15.3. The van der Waals surface area contributed by atoms with Gasteiger partial charge in [0.25, 0.3) is 0 Å². The molecule has 1 atom stereocenters. The zero-order valence-electron chi connectivity index (χ0n) is 17.0. The molecule has 1 amide bonds. The fraction of sp³-hybridized carbons (Fsp3) is 0.667. The SMILES string of the molecule is COCC(=O)NC(C)CSC/C=C(\C)CC/C=C(\C)CCC=C(C)C. The Kier molecular flexibility index (Phi) is 14.7. The van der Waals surface area contributed by atoms with E-state index < -0.39 is 0 Å². The van der Waals surface area contributed by atoms with Gasteiger partial charge < -0.3 is 10.1 Å². The van der Waals surface area contributed by atoms with Gasteiger partial charge in [0, 0.05) is 24.7 Å². The highest BCUT2D eigenvalue weighted by Crippen LogP contribution is 2.12. The summed E-state index contributed by atoms with van der Waals surface area (Å²) in [5, 5.41) is 2.92. The third-order valence-electron chi connectivity index (χ3n) is 3.72. The van der Waals surface area contributed by atoms with Crippen LogP contribution in [-0.2, 0) is 9.53 Å². The molecule has 1 N–H and O–H groups in total. The number of allylic oxidation sites excluding steroid dienone is 5. The molecule has 0 aliphatic rings. The van der Waals surface area contributed by atoms with Crippen LogP contribution >= 0.6 is 11.8 Å². The molecule has 0 aromatic rings. The summed E-state index contributed by atoms with van der Waals surface area (Å²) in [6, 6.07) is 0.174. The van der Waals surface area contributed by atoms with Crippen molar-refractivity contribution in [2.45, 2.75) is 66.3 Å². The van der Waals surface area contributed by atoms with Crippen LogP contribution in [0.3, 0.4) is 0 Å². The van der Waals surface area contributed by atoms with Crippen molar-refractivity contribution in [3.05, 3.63) is 34.9 Å². The lowest BCUT2D eigenvalue weighted by molar-refractivity contribution is -0.125. The van der Waals surface area contributed by atoms with E-state index in [1.165, 1.54) is 23.8 Å². The molecular weight excluding hydrogens is 330 g/mol. The Bertz CT molecular complexity index is 463. The highest BCUT2D eigenvalue weighted by molar-refractivity contribution is 7.99. The first-order chi connectivity index (χ1) is 11.8. The normalized spacial score (nSPS) is 13.5. The molecule has 0 aliphatic heterocycles. The molecule has 0 fully saturated rings. The maximum Gasteiger partial charge on any atom is 0.246 e. The lowest BCUT2D eigenvalue weighted by atomic mass is 10.1. The molecule has 0 aromatic heterocycles. The summed E-state index contributed by atoms with van der Waals surface area (Å²) in [5.41, 5.74) is 4.33. The minimum atomic E-state index is -0.0472. The van der Waals surface area contributed by atoms with Crippen molar-refractivity contribution >= 4 is 17.7 Å². The quantitative estimate of drug-likeness (QED) is 0.355. The molecule has 25 heavy (non-hydrogen) atoms. The highest BCUT2D eigenvalue weighted by atomic mass is 32.2. The number of hydrogen-bond acceptors (Lipinski definition) is 3. The predicted octanol–water partition coefficient (Wildman–Crippen LogP) is 5.29. The average Bonchev–Trinajstić information content (AvgIpc) is 2.51. The Hall–Kier alpha value is -1.00. The maximum atomic E-state index is 11.4. The summed E-state index contributed by atoms with van der Waals surface area (Å²) < 4.78 is 4.81. The summed E-state index contributed by atoms with van der Waals surface area (Å²) in [7, 11) is 1.53. The third-order valence-corrected chi connectivity index (χ3v) is 4.86. The van der Waals surface area contributed by atoms with Crippen molar-refractivity contribution in [1.29, 1.82) is 0 Å². The van der Waals surface area contributed by atoms with Crippen LogP contribution in [0.25, 0.3) is 0 Å². The predicted molar refractivity (Wildman–Crippen MR) is 112 cm³/mol. The molecule has 0 rings (SSSR count). The standard InChI is InChI=1S/C21H37NO2S/c1-17(2)9-7-10-18(3)11-8-12-19(4)13-14-25-16-20(5)22-21(23)15-24-6/h9,11,13,20H,7-8,10,12,14-16H2,1-6H3,(H,22,23)/b18-11+,19-13+. The number of ether oxygens (including phenoxy) is 1. The Balaban J connectivity index is 3.87. The Morgan fingerprint density at radius 3 is 2.24 bits per heavy atom. The van der Waals surface area contributed by atoms with Gasteiger partial charge in [-0.25, -0.2) is 0 Å². The number of nitrogens with one attached hydrogen (secondary N) is 1. The molecule has 0 spiro atoms. The molecule has 1 unspecified atom stereocenters. The first-order valence-corrected chi connectivity index (χ1v) is 10.3. The van der Waals surface area contributed by atoms with E-state index in [1.807, 2.05) is 18.7 Å². The monoisotopic (exact) mass is 367 g/mol. The van der Waals surface area contributed by atoms with Gasteiger partial charge in [0.15, 0.2) is 0 Å². The summed E-state index contributed by atoms with van der Waals surface area (Å²) >= 11 is 1.85.